The Kier molecular flexibility index (Phi) is 3.34. The Morgan fingerprint density at radius 3 is 2.94 bits per heavy atom. The van der Waals surface area contributed by atoms with Crippen molar-refractivity contribution < 1.29 is 14.0 Å². The van der Waals surface area contributed by atoms with E-state index in [-0.39, 0.29) is 5.75 Å². The maximum Gasteiger partial charge on any atom is 0.223 e. The molecule has 0 amide bonds. The number of nitrogens with zero attached hydrogens (tertiary/aromatic N) is 2. The standard InChI is InChI=1S/C11H12FN3O2/c1-7-14-10(15-17-7)6-13-5-8-3-2-4-9(12)11(8)16/h2-4,13,16H,5-6H2,1H3. The average Bonchev–Trinajstić information content (AvgIpc) is 2.70. The molecule has 2 rings (SSSR count). The number of halogens is 1. The number of phenolic OH excluding ortho intramolecular Hbond substituents is 1. The van der Waals surface area contributed by atoms with Gasteiger partial charge in [0.05, 0.1) is 6.54 Å². The highest BCUT2D eigenvalue weighted by molar-refractivity contribution is 5.33. The molecular formula is C11H12FN3O2. The number of hydrogen-bond donors (Lipinski definition) is 2. The summed E-state index contributed by atoms with van der Waals surface area (Å²) in [6, 6.07) is 4.40. The van der Waals surface area contributed by atoms with Gasteiger partial charge in [-0.25, -0.2) is 4.39 Å². The maximum atomic E-state index is 13.0. The van der Waals surface area contributed by atoms with E-state index in [4.69, 9.17) is 4.52 Å². The second-order valence-corrected chi connectivity index (χ2v) is 3.58. The van der Waals surface area contributed by atoms with Gasteiger partial charge in [-0.2, -0.15) is 4.98 Å². The van der Waals surface area contributed by atoms with Crippen molar-refractivity contribution in [2.75, 3.05) is 0 Å². The zero-order valence-electron chi connectivity index (χ0n) is 9.27. The van der Waals surface area contributed by atoms with Gasteiger partial charge in [0.1, 0.15) is 0 Å². The Hall–Kier alpha value is -1.95. The third-order valence-corrected chi connectivity index (χ3v) is 2.24. The predicted octanol–water partition coefficient (Wildman–Crippen LogP) is 1.51. The van der Waals surface area contributed by atoms with Crippen molar-refractivity contribution >= 4 is 0 Å². The van der Waals surface area contributed by atoms with Crippen molar-refractivity contribution in [3.05, 3.63) is 41.3 Å². The molecule has 5 nitrogen and oxygen atoms in total. The van der Waals surface area contributed by atoms with Crippen LogP contribution in [0.25, 0.3) is 0 Å². The van der Waals surface area contributed by atoms with E-state index >= 15 is 0 Å². The highest BCUT2D eigenvalue weighted by Gasteiger charge is 2.06. The molecule has 0 atom stereocenters. The van der Waals surface area contributed by atoms with E-state index in [1.54, 1.807) is 19.1 Å². The van der Waals surface area contributed by atoms with E-state index in [1.165, 1.54) is 6.07 Å². The number of aromatic hydroxyl groups is 1. The summed E-state index contributed by atoms with van der Waals surface area (Å²) in [6.07, 6.45) is 0. The number of rotatable bonds is 4. The van der Waals surface area contributed by atoms with Crippen molar-refractivity contribution in [3.8, 4) is 5.75 Å². The van der Waals surface area contributed by atoms with Gasteiger partial charge in [0.2, 0.25) is 5.89 Å². The van der Waals surface area contributed by atoms with Gasteiger partial charge in [0.25, 0.3) is 0 Å². The van der Waals surface area contributed by atoms with Gasteiger partial charge in [-0.3, -0.25) is 0 Å². The fraction of sp³-hybridized carbons (Fsp3) is 0.273. The Morgan fingerprint density at radius 2 is 2.24 bits per heavy atom. The number of aromatic nitrogens is 2. The zero-order chi connectivity index (χ0) is 12.3. The molecule has 0 saturated heterocycles. The summed E-state index contributed by atoms with van der Waals surface area (Å²) >= 11 is 0. The molecule has 17 heavy (non-hydrogen) atoms. The molecule has 1 heterocycles. The van der Waals surface area contributed by atoms with E-state index in [2.05, 4.69) is 15.5 Å². The van der Waals surface area contributed by atoms with Gasteiger partial charge in [0.15, 0.2) is 17.4 Å². The quantitative estimate of drug-likeness (QED) is 0.843. The first kappa shape index (κ1) is 11.5. The molecule has 2 aromatic rings. The van der Waals surface area contributed by atoms with Crippen LogP contribution in [0.15, 0.2) is 22.7 Å². The molecule has 0 saturated carbocycles. The minimum Gasteiger partial charge on any atom is -0.505 e. The van der Waals surface area contributed by atoms with E-state index in [0.717, 1.165) is 0 Å². The molecule has 0 spiro atoms. The van der Waals surface area contributed by atoms with Crippen LogP contribution in [-0.4, -0.2) is 15.2 Å². The molecule has 0 aliphatic carbocycles. The van der Waals surface area contributed by atoms with Crippen LogP contribution >= 0.6 is 0 Å². The summed E-state index contributed by atoms with van der Waals surface area (Å²) in [7, 11) is 0. The molecule has 2 N–H and O–H groups in total. The van der Waals surface area contributed by atoms with Gasteiger partial charge in [0, 0.05) is 19.0 Å². The first-order valence-corrected chi connectivity index (χ1v) is 5.13. The highest BCUT2D eigenvalue weighted by atomic mass is 19.1. The molecule has 0 bridgehead atoms. The summed E-state index contributed by atoms with van der Waals surface area (Å²) < 4.78 is 17.8. The van der Waals surface area contributed by atoms with Crippen LogP contribution in [0, 0.1) is 12.7 Å². The lowest BCUT2D eigenvalue weighted by atomic mass is 10.2. The molecule has 0 fully saturated rings. The highest BCUT2D eigenvalue weighted by Crippen LogP contribution is 2.20. The second-order valence-electron chi connectivity index (χ2n) is 3.58. The number of benzene rings is 1. The summed E-state index contributed by atoms with van der Waals surface area (Å²) in [5.41, 5.74) is 0.491. The second kappa shape index (κ2) is 4.92. The van der Waals surface area contributed by atoms with E-state index < -0.39 is 5.82 Å². The molecule has 90 valence electrons. The lowest BCUT2D eigenvalue weighted by molar-refractivity contribution is 0.385. The van der Waals surface area contributed by atoms with Gasteiger partial charge >= 0.3 is 0 Å². The van der Waals surface area contributed by atoms with Gasteiger partial charge in [-0.15, -0.1) is 0 Å². The van der Waals surface area contributed by atoms with Gasteiger partial charge < -0.3 is 14.9 Å². The first-order chi connectivity index (χ1) is 8.16. The fourth-order valence-corrected chi connectivity index (χ4v) is 1.42. The average molecular weight is 237 g/mol. The van der Waals surface area contributed by atoms with Crippen LogP contribution in [-0.2, 0) is 13.1 Å². The monoisotopic (exact) mass is 237 g/mol. The third kappa shape index (κ3) is 2.79. The van der Waals surface area contributed by atoms with Crippen LogP contribution in [0.2, 0.25) is 0 Å². The van der Waals surface area contributed by atoms with Gasteiger partial charge in [-0.1, -0.05) is 17.3 Å². The molecule has 1 aromatic carbocycles. The largest absolute Gasteiger partial charge is 0.505 e. The zero-order valence-corrected chi connectivity index (χ0v) is 9.27. The summed E-state index contributed by atoms with van der Waals surface area (Å²) in [4.78, 5) is 4.00. The van der Waals surface area contributed by atoms with Crippen molar-refractivity contribution in [3.63, 3.8) is 0 Å². The summed E-state index contributed by atoms with van der Waals surface area (Å²) in [5, 5.41) is 16.1. The van der Waals surface area contributed by atoms with Crippen LogP contribution in [0.4, 0.5) is 4.39 Å². The molecule has 6 heteroatoms. The first-order valence-electron chi connectivity index (χ1n) is 5.13. The molecule has 0 unspecified atom stereocenters. The Labute approximate surface area is 97.3 Å². The van der Waals surface area contributed by atoms with Gasteiger partial charge in [-0.05, 0) is 6.07 Å². The summed E-state index contributed by atoms with van der Waals surface area (Å²) in [6.45, 7) is 2.43. The minimum atomic E-state index is -0.625. The Bertz CT molecular complexity index is 513. The van der Waals surface area contributed by atoms with Crippen molar-refractivity contribution in [1.29, 1.82) is 0 Å². The Balaban J connectivity index is 1.92. The summed E-state index contributed by atoms with van der Waals surface area (Å²) in [5.74, 6) is 0.0674. The molecule has 0 aliphatic rings. The van der Waals surface area contributed by atoms with Crippen LogP contribution in [0.3, 0.4) is 0 Å². The van der Waals surface area contributed by atoms with Crippen molar-refractivity contribution in [2.24, 2.45) is 0 Å². The topological polar surface area (TPSA) is 71.2 Å². The fourth-order valence-electron chi connectivity index (χ4n) is 1.42. The third-order valence-electron chi connectivity index (χ3n) is 2.24. The number of nitrogens with one attached hydrogen (secondary N) is 1. The lowest BCUT2D eigenvalue weighted by Gasteiger charge is -2.05. The van der Waals surface area contributed by atoms with Crippen LogP contribution in [0.1, 0.15) is 17.3 Å². The lowest BCUT2D eigenvalue weighted by Crippen LogP contribution is -2.14. The molecular weight excluding hydrogens is 225 g/mol. The van der Waals surface area contributed by atoms with E-state index in [9.17, 15) is 9.50 Å². The Morgan fingerprint density at radius 1 is 1.41 bits per heavy atom. The smallest absolute Gasteiger partial charge is 0.223 e. The number of aryl methyl sites for hydroxylation is 1. The SMILES string of the molecule is Cc1nc(CNCc2cccc(F)c2O)no1. The maximum absolute atomic E-state index is 13.0. The van der Waals surface area contributed by atoms with E-state index in [1.807, 2.05) is 0 Å². The molecule has 1 aromatic heterocycles. The number of phenols is 1. The molecule has 0 aliphatic heterocycles. The van der Waals surface area contributed by atoms with Crippen molar-refractivity contribution in [1.82, 2.24) is 15.5 Å². The van der Waals surface area contributed by atoms with Crippen LogP contribution < -0.4 is 5.32 Å². The van der Waals surface area contributed by atoms with Crippen molar-refractivity contribution in [2.45, 2.75) is 20.0 Å². The van der Waals surface area contributed by atoms with E-state index in [0.29, 0.717) is 30.4 Å². The van der Waals surface area contributed by atoms with Crippen LogP contribution in [0.5, 0.6) is 5.75 Å². The number of hydrogen-bond acceptors (Lipinski definition) is 5. The minimum absolute atomic E-state index is 0.329. The molecule has 0 radical (unpaired) electrons. The number of para-hydroxylation sites is 1. The normalized spacial score (nSPS) is 10.7. The predicted molar refractivity (Wildman–Crippen MR) is 57.6 cm³/mol.